The Hall–Kier alpha value is -3.11. The van der Waals surface area contributed by atoms with E-state index in [0.717, 1.165) is 10.0 Å². The van der Waals surface area contributed by atoms with Crippen LogP contribution in [0, 0.1) is 5.82 Å². The van der Waals surface area contributed by atoms with E-state index in [1.807, 2.05) is 34.9 Å². The molecule has 0 saturated carbocycles. The van der Waals surface area contributed by atoms with Gasteiger partial charge in [0.15, 0.2) is 22.5 Å². The van der Waals surface area contributed by atoms with Gasteiger partial charge in [0.2, 0.25) is 5.09 Å². The van der Waals surface area contributed by atoms with Crippen LogP contribution in [0.4, 0.5) is 10.2 Å². The molecule has 1 atom stereocenters. The second-order valence-corrected chi connectivity index (χ2v) is 8.82. The van der Waals surface area contributed by atoms with Crippen LogP contribution in [0.25, 0.3) is 11.5 Å². The van der Waals surface area contributed by atoms with E-state index < -0.39 is 6.29 Å². The average molecular weight is 514 g/mol. The van der Waals surface area contributed by atoms with Crippen molar-refractivity contribution in [3.63, 3.8) is 0 Å². The first kappa shape index (κ1) is 20.8. The fraction of sp³-hybridized carbons (Fsp3) is 0.136. The Bertz CT molecular complexity index is 1280. The van der Waals surface area contributed by atoms with Crippen molar-refractivity contribution >= 4 is 33.5 Å². The number of hydrogen-bond donors (Lipinski definition) is 1. The summed E-state index contributed by atoms with van der Waals surface area (Å²) in [6.07, 6.45) is 3.08. The van der Waals surface area contributed by atoms with Gasteiger partial charge in [-0.05, 0) is 35.9 Å². The fourth-order valence-corrected chi connectivity index (χ4v) is 4.46. The summed E-state index contributed by atoms with van der Waals surface area (Å²) < 4.78 is 28.2. The molecule has 7 nitrogen and oxygen atoms in total. The first-order valence-electron chi connectivity index (χ1n) is 9.75. The van der Waals surface area contributed by atoms with Crippen molar-refractivity contribution < 1.29 is 13.9 Å². The minimum Gasteiger partial charge on any atom is -0.454 e. The monoisotopic (exact) mass is 513 g/mol. The molecule has 2 aromatic carbocycles. The molecular formula is C22H17BrFN5O2S. The third kappa shape index (κ3) is 4.15. The summed E-state index contributed by atoms with van der Waals surface area (Å²) in [5, 5.41) is 0.993. The zero-order chi connectivity index (χ0) is 22.1. The van der Waals surface area contributed by atoms with Crippen molar-refractivity contribution in [3.05, 3.63) is 87.6 Å². The molecule has 3 aliphatic rings. The van der Waals surface area contributed by atoms with Gasteiger partial charge in [0.05, 0.1) is 6.33 Å². The average Bonchev–Trinajstić information content (AvgIpc) is 3.43. The summed E-state index contributed by atoms with van der Waals surface area (Å²) in [5.41, 5.74) is 8.02. The SMILES string of the molecule is Nc1ncn(CCc2ccccc2F)c2nc(SC3=COC(c4ccccc4Br)O3)nc1-2. The zero-order valence-electron chi connectivity index (χ0n) is 16.6. The minimum atomic E-state index is -0.546. The lowest BCUT2D eigenvalue weighted by Gasteiger charge is -2.12. The normalized spacial score (nSPS) is 15.4. The fourth-order valence-electron chi connectivity index (χ4n) is 3.30. The number of benzene rings is 2. The molecule has 32 heavy (non-hydrogen) atoms. The molecule has 1 unspecified atom stereocenters. The second kappa shape index (κ2) is 8.79. The highest BCUT2D eigenvalue weighted by atomic mass is 79.9. The minimum absolute atomic E-state index is 0.234. The molecule has 2 N–H and O–H groups in total. The smallest absolute Gasteiger partial charge is 0.268 e. The molecule has 3 heterocycles. The van der Waals surface area contributed by atoms with Crippen LogP contribution in [0.3, 0.4) is 0 Å². The zero-order valence-corrected chi connectivity index (χ0v) is 19.0. The number of nitrogens with zero attached hydrogens (tertiary/aromatic N) is 4. The van der Waals surface area contributed by atoms with Crippen LogP contribution in [0.15, 0.2) is 75.8 Å². The Morgan fingerprint density at radius 3 is 2.78 bits per heavy atom. The van der Waals surface area contributed by atoms with E-state index in [1.165, 1.54) is 17.8 Å². The van der Waals surface area contributed by atoms with Gasteiger partial charge >= 0.3 is 0 Å². The van der Waals surface area contributed by atoms with Crippen LogP contribution in [0.2, 0.25) is 0 Å². The Balaban J connectivity index is 1.33. The quantitative estimate of drug-likeness (QED) is 0.381. The van der Waals surface area contributed by atoms with Crippen molar-refractivity contribution in [2.75, 3.05) is 5.73 Å². The maximum absolute atomic E-state index is 14.0. The van der Waals surface area contributed by atoms with E-state index in [0.29, 0.717) is 40.3 Å². The highest BCUT2D eigenvalue weighted by Crippen LogP contribution is 2.40. The van der Waals surface area contributed by atoms with E-state index in [1.54, 1.807) is 24.7 Å². The van der Waals surface area contributed by atoms with Crippen LogP contribution in [-0.2, 0) is 22.4 Å². The molecule has 2 aromatic rings. The molecule has 162 valence electrons. The maximum Gasteiger partial charge on any atom is 0.268 e. The van der Waals surface area contributed by atoms with Crippen molar-refractivity contribution in [2.24, 2.45) is 0 Å². The second-order valence-electron chi connectivity index (χ2n) is 6.99. The van der Waals surface area contributed by atoms with Crippen molar-refractivity contribution in [1.82, 2.24) is 19.5 Å². The summed E-state index contributed by atoms with van der Waals surface area (Å²) in [7, 11) is 0. The Labute approximate surface area is 196 Å². The molecular weight excluding hydrogens is 497 g/mol. The highest BCUT2D eigenvalue weighted by molar-refractivity contribution is 9.10. The molecule has 0 fully saturated rings. The number of nitrogens with two attached hydrogens (primary N) is 1. The topological polar surface area (TPSA) is 88.1 Å². The summed E-state index contributed by atoms with van der Waals surface area (Å²) in [4.78, 5) is 13.3. The highest BCUT2D eigenvalue weighted by Gasteiger charge is 2.26. The van der Waals surface area contributed by atoms with Crippen LogP contribution in [0.1, 0.15) is 17.4 Å². The largest absolute Gasteiger partial charge is 0.454 e. The molecule has 0 spiro atoms. The van der Waals surface area contributed by atoms with E-state index in [-0.39, 0.29) is 11.6 Å². The Morgan fingerprint density at radius 2 is 1.94 bits per heavy atom. The predicted molar refractivity (Wildman–Crippen MR) is 122 cm³/mol. The van der Waals surface area contributed by atoms with Gasteiger partial charge in [0, 0.05) is 16.6 Å². The lowest BCUT2D eigenvalue weighted by atomic mass is 10.1. The lowest BCUT2D eigenvalue weighted by molar-refractivity contribution is -0.0278. The number of ether oxygens (including phenoxy) is 2. The van der Waals surface area contributed by atoms with Gasteiger partial charge in [-0.1, -0.05) is 52.3 Å². The molecule has 0 aliphatic carbocycles. The number of aromatic nitrogens is 4. The third-order valence-corrected chi connectivity index (χ3v) is 6.39. The molecule has 5 rings (SSSR count). The van der Waals surface area contributed by atoms with Gasteiger partial charge in [0.25, 0.3) is 6.29 Å². The van der Waals surface area contributed by atoms with Crippen LogP contribution in [0.5, 0.6) is 0 Å². The Kier molecular flexibility index (Phi) is 5.71. The maximum atomic E-state index is 14.0. The van der Waals surface area contributed by atoms with Crippen molar-refractivity contribution in [2.45, 2.75) is 24.4 Å². The summed E-state index contributed by atoms with van der Waals surface area (Å²) >= 11 is 4.74. The molecule has 0 amide bonds. The first-order chi connectivity index (χ1) is 15.6. The number of nitrogen functional groups attached to an aromatic ring is 1. The molecule has 3 aliphatic heterocycles. The number of halogens is 2. The van der Waals surface area contributed by atoms with E-state index in [9.17, 15) is 4.39 Å². The van der Waals surface area contributed by atoms with Gasteiger partial charge in [-0.3, -0.25) is 0 Å². The van der Waals surface area contributed by atoms with Gasteiger partial charge in [-0.25, -0.2) is 19.3 Å². The molecule has 10 heteroatoms. The number of imidazole rings is 1. The van der Waals surface area contributed by atoms with Crippen LogP contribution in [-0.4, -0.2) is 19.5 Å². The van der Waals surface area contributed by atoms with Gasteiger partial charge in [-0.15, -0.1) is 0 Å². The van der Waals surface area contributed by atoms with Gasteiger partial charge in [0.1, 0.15) is 12.1 Å². The third-order valence-electron chi connectivity index (χ3n) is 4.91. The number of aryl methyl sites for hydroxylation is 2. The van der Waals surface area contributed by atoms with E-state index in [4.69, 9.17) is 15.2 Å². The molecule has 0 radical (unpaired) electrons. The Morgan fingerprint density at radius 1 is 1.12 bits per heavy atom. The number of rotatable bonds is 6. The number of fused-ring (bicyclic) bond motifs is 1. The van der Waals surface area contributed by atoms with Crippen LogP contribution >= 0.6 is 27.7 Å². The van der Waals surface area contributed by atoms with E-state index in [2.05, 4.69) is 30.9 Å². The van der Waals surface area contributed by atoms with Gasteiger partial charge < -0.3 is 19.8 Å². The molecule has 0 bridgehead atoms. The van der Waals surface area contributed by atoms with E-state index >= 15 is 0 Å². The predicted octanol–water partition coefficient (Wildman–Crippen LogP) is 5.14. The van der Waals surface area contributed by atoms with Crippen molar-refractivity contribution in [1.29, 1.82) is 0 Å². The molecule has 0 saturated heterocycles. The summed E-state index contributed by atoms with van der Waals surface area (Å²) in [5.74, 6) is 0.630. The number of anilines is 1. The standard InChI is InChI=1S/C22H17BrFN5O2S/c23-15-7-3-2-6-14(15)21-30-11-17(31-21)32-22-27-18-19(25)26-12-29(20(18)28-22)10-9-13-5-1-4-8-16(13)24/h1-8,11-12,21H,9-10,25H2. The first-order valence-corrected chi connectivity index (χ1v) is 11.4. The number of thioether (sulfide) groups is 1. The number of hydrogen-bond acceptors (Lipinski definition) is 7. The van der Waals surface area contributed by atoms with Crippen LogP contribution < -0.4 is 5.73 Å². The summed E-state index contributed by atoms with van der Waals surface area (Å²) in [6.45, 7) is 0.486. The van der Waals surface area contributed by atoms with Crippen molar-refractivity contribution in [3.8, 4) is 11.5 Å². The summed E-state index contributed by atoms with van der Waals surface area (Å²) in [6, 6.07) is 14.4. The lowest BCUT2D eigenvalue weighted by Crippen LogP contribution is -2.10. The van der Waals surface area contributed by atoms with Gasteiger partial charge in [-0.2, -0.15) is 0 Å². The molecule has 0 aromatic heterocycles.